The molecule has 1 N–H and O–H groups in total. The fraction of sp³-hybridized carbons (Fsp3) is 0.545. The highest BCUT2D eigenvalue weighted by Gasteiger charge is 2.17. The SMILES string of the molecule is CN1CCC(n2ccccc2=N)CC1. The first kappa shape index (κ1) is 9.46. The molecular weight excluding hydrogens is 174 g/mol. The lowest BCUT2D eigenvalue weighted by Gasteiger charge is -2.30. The smallest absolute Gasteiger partial charge is 0.124 e. The highest BCUT2D eigenvalue weighted by Crippen LogP contribution is 2.19. The molecule has 0 amide bonds. The third-order valence-corrected chi connectivity index (χ3v) is 2.97. The second-order valence-electron chi connectivity index (χ2n) is 4.03. The van der Waals surface area contributed by atoms with E-state index in [4.69, 9.17) is 5.41 Å². The highest BCUT2D eigenvalue weighted by atomic mass is 15.1. The number of nitrogens with zero attached hydrogens (tertiary/aromatic N) is 2. The summed E-state index contributed by atoms with van der Waals surface area (Å²) >= 11 is 0. The molecule has 1 aromatic heterocycles. The second-order valence-corrected chi connectivity index (χ2v) is 4.03. The average molecular weight is 191 g/mol. The van der Waals surface area contributed by atoms with Crippen molar-refractivity contribution in [1.29, 1.82) is 5.41 Å². The van der Waals surface area contributed by atoms with Crippen molar-refractivity contribution >= 4 is 0 Å². The number of aromatic nitrogens is 1. The number of hydrogen-bond acceptors (Lipinski definition) is 2. The van der Waals surface area contributed by atoms with Gasteiger partial charge in [-0.1, -0.05) is 6.07 Å². The van der Waals surface area contributed by atoms with Gasteiger partial charge in [0.15, 0.2) is 0 Å². The Bertz CT molecular complexity index is 348. The van der Waals surface area contributed by atoms with Gasteiger partial charge in [0.1, 0.15) is 5.49 Å². The molecule has 3 heteroatoms. The minimum atomic E-state index is 0.528. The zero-order valence-electron chi connectivity index (χ0n) is 8.61. The van der Waals surface area contributed by atoms with Crippen LogP contribution in [0.2, 0.25) is 0 Å². The first-order valence-electron chi connectivity index (χ1n) is 5.17. The summed E-state index contributed by atoms with van der Waals surface area (Å²) in [5.74, 6) is 0. The molecule has 0 radical (unpaired) electrons. The maximum Gasteiger partial charge on any atom is 0.124 e. The Morgan fingerprint density at radius 3 is 2.64 bits per heavy atom. The highest BCUT2D eigenvalue weighted by molar-refractivity contribution is 4.94. The summed E-state index contributed by atoms with van der Waals surface area (Å²) < 4.78 is 2.09. The largest absolute Gasteiger partial charge is 0.330 e. The van der Waals surface area contributed by atoms with Gasteiger partial charge in [0.05, 0.1) is 0 Å². The monoisotopic (exact) mass is 191 g/mol. The van der Waals surface area contributed by atoms with Gasteiger partial charge >= 0.3 is 0 Å². The van der Waals surface area contributed by atoms with Gasteiger partial charge < -0.3 is 9.47 Å². The van der Waals surface area contributed by atoms with E-state index in [1.807, 2.05) is 24.4 Å². The van der Waals surface area contributed by atoms with Gasteiger partial charge in [0.25, 0.3) is 0 Å². The molecule has 76 valence electrons. The number of likely N-dealkylation sites (tertiary alicyclic amines) is 1. The van der Waals surface area contributed by atoms with E-state index in [9.17, 15) is 0 Å². The van der Waals surface area contributed by atoms with Crippen molar-refractivity contribution in [2.45, 2.75) is 18.9 Å². The van der Waals surface area contributed by atoms with Crippen molar-refractivity contribution < 1.29 is 0 Å². The quantitative estimate of drug-likeness (QED) is 0.711. The second kappa shape index (κ2) is 3.96. The van der Waals surface area contributed by atoms with Crippen molar-refractivity contribution in [1.82, 2.24) is 9.47 Å². The molecule has 0 aromatic carbocycles. The summed E-state index contributed by atoms with van der Waals surface area (Å²) in [4.78, 5) is 2.35. The van der Waals surface area contributed by atoms with Crippen LogP contribution in [0.25, 0.3) is 0 Å². The average Bonchev–Trinajstić information content (AvgIpc) is 2.20. The lowest BCUT2D eigenvalue weighted by molar-refractivity contribution is 0.217. The molecule has 0 saturated carbocycles. The van der Waals surface area contributed by atoms with E-state index in [0.29, 0.717) is 11.5 Å². The first-order valence-corrected chi connectivity index (χ1v) is 5.17. The minimum absolute atomic E-state index is 0.528. The Kier molecular flexibility index (Phi) is 2.68. The normalized spacial score (nSPS) is 19.8. The van der Waals surface area contributed by atoms with Crippen LogP contribution in [0, 0.1) is 5.41 Å². The molecule has 1 aromatic rings. The summed E-state index contributed by atoms with van der Waals surface area (Å²) in [6, 6.07) is 6.32. The lowest BCUT2D eigenvalue weighted by atomic mass is 10.1. The Morgan fingerprint density at radius 2 is 2.00 bits per heavy atom. The van der Waals surface area contributed by atoms with Crippen LogP contribution in [0.15, 0.2) is 24.4 Å². The van der Waals surface area contributed by atoms with Crippen molar-refractivity contribution in [3.05, 3.63) is 29.9 Å². The van der Waals surface area contributed by atoms with Crippen LogP contribution < -0.4 is 5.49 Å². The zero-order valence-corrected chi connectivity index (χ0v) is 8.61. The topological polar surface area (TPSA) is 32.0 Å². The van der Waals surface area contributed by atoms with Gasteiger partial charge in [0, 0.05) is 12.2 Å². The molecule has 0 unspecified atom stereocenters. The van der Waals surface area contributed by atoms with Gasteiger partial charge in [-0.2, -0.15) is 0 Å². The maximum absolute atomic E-state index is 7.81. The number of pyridine rings is 1. The molecule has 2 heterocycles. The summed E-state index contributed by atoms with van der Waals surface area (Å²) in [6.07, 6.45) is 4.35. The van der Waals surface area contributed by atoms with Gasteiger partial charge in [-0.05, 0) is 45.1 Å². The van der Waals surface area contributed by atoms with Crippen LogP contribution >= 0.6 is 0 Å². The van der Waals surface area contributed by atoms with E-state index in [0.717, 1.165) is 25.9 Å². The number of piperidine rings is 1. The number of hydrogen-bond donors (Lipinski definition) is 1. The third kappa shape index (κ3) is 1.87. The van der Waals surface area contributed by atoms with Crippen LogP contribution in [0.4, 0.5) is 0 Å². The van der Waals surface area contributed by atoms with E-state index in [1.54, 1.807) is 0 Å². The number of nitrogens with one attached hydrogen (secondary N) is 1. The van der Waals surface area contributed by atoms with Crippen LogP contribution in [0.1, 0.15) is 18.9 Å². The molecule has 3 nitrogen and oxygen atoms in total. The molecule has 0 spiro atoms. The number of rotatable bonds is 1. The van der Waals surface area contributed by atoms with Gasteiger partial charge in [-0.25, -0.2) is 0 Å². The molecule has 1 fully saturated rings. The Morgan fingerprint density at radius 1 is 1.29 bits per heavy atom. The van der Waals surface area contributed by atoms with Crippen LogP contribution in [0.3, 0.4) is 0 Å². The van der Waals surface area contributed by atoms with Gasteiger partial charge in [-0.15, -0.1) is 0 Å². The summed E-state index contributed by atoms with van der Waals surface area (Å²) in [5, 5.41) is 7.81. The molecule has 1 aliphatic rings. The van der Waals surface area contributed by atoms with E-state index < -0.39 is 0 Å². The predicted molar refractivity (Wildman–Crippen MR) is 56.1 cm³/mol. The fourth-order valence-corrected chi connectivity index (χ4v) is 2.05. The van der Waals surface area contributed by atoms with Crippen LogP contribution in [0.5, 0.6) is 0 Å². The molecule has 0 aliphatic carbocycles. The first-order chi connectivity index (χ1) is 6.77. The fourth-order valence-electron chi connectivity index (χ4n) is 2.05. The minimum Gasteiger partial charge on any atom is -0.330 e. The van der Waals surface area contributed by atoms with Crippen molar-refractivity contribution in [3.63, 3.8) is 0 Å². The summed E-state index contributed by atoms with van der Waals surface area (Å²) in [7, 11) is 2.16. The maximum atomic E-state index is 7.81. The Balaban J connectivity index is 2.16. The van der Waals surface area contributed by atoms with Crippen LogP contribution in [-0.4, -0.2) is 29.6 Å². The predicted octanol–water partition coefficient (Wildman–Crippen LogP) is 1.23. The van der Waals surface area contributed by atoms with Gasteiger partial charge in [0.2, 0.25) is 0 Å². The summed E-state index contributed by atoms with van der Waals surface area (Å²) in [6.45, 7) is 2.29. The Labute approximate surface area is 84.5 Å². The molecule has 1 saturated heterocycles. The third-order valence-electron chi connectivity index (χ3n) is 2.97. The molecule has 0 atom stereocenters. The van der Waals surface area contributed by atoms with E-state index in [-0.39, 0.29) is 0 Å². The van der Waals surface area contributed by atoms with Crippen molar-refractivity contribution in [2.75, 3.05) is 20.1 Å². The molecule has 1 aliphatic heterocycles. The van der Waals surface area contributed by atoms with Crippen molar-refractivity contribution in [3.8, 4) is 0 Å². The standard InChI is InChI=1S/C11H17N3/c1-13-8-5-10(6-9-13)14-7-3-2-4-11(14)12/h2-4,7,10,12H,5-6,8-9H2,1H3. The van der Waals surface area contributed by atoms with E-state index >= 15 is 0 Å². The van der Waals surface area contributed by atoms with Crippen LogP contribution in [-0.2, 0) is 0 Å². The molecular formula is C11H17N3. The Hall–Kier alpha value is -1.09. The van der Waals surface area contributed by atoms with Crippen molar-refractivity contribution in [2.24, 2.45) is 0 Å². The molecule has 14 heavy (non-hydrogen) atoms. The summed E-state index contributed by atoms with van der Waals surface area (Å²) in [5.41, 5.74) is 0.627. The lowest BCUT2D eigenvalue weighted by Crippen LogP contribution is -2.34. The van der Waals surface area contributed by atoms with E-state index in [1.165, 1.54) is 0 Å². The van der Waals surface area contributed by atoms with E-state index in [2.05, 4.69) is 16.5 Å². The van der Waals surface area contributed by atoms with Gasteiger partial charge in [-0.3, -0.25) is 5.41 Å². The zero-order chi connectivity index (χ0) is 9.97. The molecule has 2 rings (SSSR count). The molecule has 0 bridgehead atoms.